The lowest BCUT2D eigenvalue weighted by Gasteiger charge is -2.33. The van der Waals surface area contributed by atoms with E-state index in [0.29, 0.717) is 11.9 Å². The van der Waals surface area contributed by atoms with Crippen LogP contribution in [-0.2, 0) is 13.6 Å². The third-order valence-corrected chi connectivity index (χ3v) is 5.49. The van der Waals surface area contributed by atoms with Gasteiger partial charge in [0.2, 0.25) is 0 Å². The fourth-order valence-electron chi connectivity index (χ4n) is 2.74. The molecule has 1 aliphatic heterocycles. The van der Waals surface area contributed by atoms with E-state index >= 15 is 0 Å². The van der Waals surface area contributed by atoms with E-state index in [2.05, 4.69) is 42.6 Å². The highest BCUT2D eigenvalue weighted by Crippen LogP contribution is 2.21. The average molecular weight is 383 g/mol. The molecule has 0 aliphatic carbocycles. The minimum absolute atomic E-state index is 0.0232. The summed E-state index contributed by atoms with van der Waals surface area (Å²) in [4.78, 5) is 18.6. The van der Waals surface area contributed by atoms with Crippen molar-refractivity contribution in [2.24, 2.45) is 7.05 Å². The van der Waals surface area contributed by atoms with E-state index in [1.165, 1.54) is 5.56 Å². The van der Waals surface area contributed by atoms with Crippen LogP contribution in [0.1, 0.15) is 18.4 Å². The van der Waals surface area contributed by atoms with Gasteiger partial charge >= 0.3 is 0 Å². The summed E-state index contributed by atoms with van der Waals surface area (Å²) in [7, 11) is 1.77. The molecule has 0 unspecified atom stereocenters. The SMILES string of the molecule is Cn1ccnc(N2CCC[C@@H](NCc3csc(Br)c3)C2)c1=O. The van der Waals surface area contributed by atoms with Crippen molar-refractivity contribution in [2.75, 3.05) is 18.0 Å². The maximum Gasteiger partial charge on any atom is 0.293 e. The van der Waals surface area contributed by atoms with Gasteiger partial charge in [0.15, 0.2) is 5.82 Å². The van der Waals surface area contributed by atoms with Crippen LogP contribution in [-0.4, -0.2) is 28.7 Å². The van der Waals surface area contributed by atoms with Crippen molar-refractivity contribution in [3.05, 3.63) is 43.5 Å². The largest absolute Gasteiger partial charge is 0.350 e. The van der Waals surface area contributed by atoms with Gasteiger partial charge in [-0.2, -0.15) is 0 Å². The molecule has 0 spiro atoms. The summed E-state index contributed by atoms with van der Waals surface area (Å²) in [6.45, 7) is 2.59. The summed E-state index contributed by atoms with van der Waals surface area (Å²) in [5.74, 6) is 0.565. The average Bonchev–Trinajstić information content (AvgIpc) is 2.94. The molecule has 118 valence electrons. The van der Waals surface area contributed by atoms with Gasteiger partial charge in [0.05, 0.1) is 3.79 Å². The predicted octanol–water partition coefficient (Wildman–Crippen LogP) is 2.36. The van der Waals surface area contributed by atoms with Gasteiger partial charge in [-0.3, -0.25) is 4.79 Å². The van der Waals surface area contributed by atoms with Crippen LogP contribution < -0.4 is 15.8 Å². The second kappa shape index (κ2) is 6.93. The van der Waals surface area contributed by atoms with E-state index in [-0.39, 0.29) is 5.56 Å². The number of aryl methyl sites for hydroxylation is 1. The Morgan fingerprint density at radius 1 is 1.55 bits per heavy atom. The van der Waals surface area contributed by atoms with Crippen LogP contribution in [0.3, 0.4) is 0 Å². The van der Waals surface area contributed by atoms with E-state index in [9.17, 15) is 4.79 Å². The van der Waals surface area contributed by atoms with Crippen LogP contribution in [0.2, 0.25) is 0 Å². The topological polar surface area (TPSA) is 50.2 Å². The molecule has 0 radical (unpaired) electrons. The minimum Gasteiger partial charge on any atom is -0.350 e. The second-order valence-electron chi connectivity index (χ2n) is 5.59. The Bertz CT molecular complexity index is 699. The zero-order valence-corrected chi connectivity index (χ0v) is 14.9. The Kier molecular flexibility index (Phi) is 4.95. The number of piperidine rings is 1. The molecule has 0 amide bonds. The number of thiophene rings is 1. The van der Waals surface area contributed by atoms with Crippen molar-refractivity contribution in [3.8, 4) is 0 Å². The molecule has 1 aliphatic rings. The molecule has 0 aromatic carbocycles. The van der Waals surface area contributed by atoms with Crippen molar-refractivity contribution >= 4 is 33.1 Å². The van der Waals surface area contributed by atoms with Gasteiger partial charge in [-0.1, -0.05) is 0 Å². The van der Waals surface area contributed by atoms with Gasteiger partial charge in [0.25, 0.3) is 5.56 Å². The Hall–Kier alpha value is -1.18. The van der Waals surface area contributed by atoms with Crippen LogP contribution in [0, 0.1) is 0 Å². The van der Waals surface area contributed by atoms with Gasteiger partial charge < -0.3 is 14.8 Å². The van der Waals surface area contributed by atoms with E-state index in [0.717, 1.165) is 36.3 Å². The van der Waals surface area contributed by atoms with E-state index in [1.807, 2.05) is 0 Å². The number of aromatic nitrogens is 2. The highest BCUT2D eigenvalue weighted by Gasteiger charge is 2.22. The molecule has 1 fully saturated rings. The molecule has 0 saturated carbocycles. The lowest BCUT2D eigenvalue weighted by atomic mass is 10.1. The zero-order valence-electron chi connectivity index (χ0n) is 12.5. The standard InChI is InChI=1S/C15H19BrN4OS/c1-19-6-4-17-14(15(19)21)20-5-2-3-12(9-20)18-8-11-7-13(16)22-10-11/h4,6-7,10,12,18H,2-3,5,8-9H2,1H3/t12-/m1/s1. The number of rotatable bonds is 4. The molecule has 5 nitrogen and oxygen atoms in total. The first kappa shape index (κ1) is 15.7. The molecule has 1 N–H and O–H groups in total. The third kappa shape index (κ3) is 3.59. The second-order valence-corrected chi connectivity index (χ2v) is 7.88. The van der Waals surface area contributed by atoms with Gasteiger partial charge in [-0.15, -0.1) is 11.3 Å². The van der Waals surface area contributed by atoms with Gasteiger partial charge in [0.1, 0.15) is 0 Å². The van der Waals surface area contributed by atoms with Crippen molar-refractivity contribution in [2.45, 2.75) is 25.4 Å². The van der Waals surface area contributed by atoms with Crippen molar-refractivity contribution in [1.82, 2.24) is 14.9 Å². The summed E-state index contributed by atoms with van der Waals surface area (Å²) in [6.07, 6.45) is 5.59. The lowest BCUT2D eigenvalue weighted by Crippen LogP contribution is -2.47. The van der Waals surface area contributed by atoms with E-state index < -0.39 is 0 Å². The fraction of sp³-hybridized carbons (Fsp3) is 0.467. The highest BCUT2D eigenvalue weighted by molar-refractivity contribution is 9.11. The molecule has 2 aromatic rings. The van der Waals surface area contributed by atoms with E-state index in [4.69, 9.17) is 0 Å². The van der Waals surface area contributed by atoms with Crippen molar-refractivity contribution in [1.29, 1.82) is 0 Å². The first-order valence-corrected chi connectivity index (χ1v) is 9.03. The Balaban J connectivity index is 1.64. The molecule has 22 heavy (non-hydrogen) atoms. The van der Waals surface area contributed by atoms with E-state index in [1.54, 1.807) is 35.3 Å². The number of anilines is 1. The lowest BCUT2D eigenvalue weighted by molar-refractivity contribution is 0.419. The molecule has 1 saturated heterocycles. The number of nitrogens with zero attached hydrogens (tertiary/aromatic N) is 3. The van der Waals surface area contributed by atoms with Crippen LogP contribution in [0.15, 0.2) is 32.4 Å². The van der Waals surface area contributed by atoms with Crippen molar-refractivity contribution in [3.63, 3.8) is 0 Å². The summed E-state index contributed by atoms with van der Waals surface area (Å²) < 4.78 is 2.74. The monoisotopic (exact) mass is 382 g/mol. The maximum atomic E-state index is 12.2. The van der Waals surface area contributed by atoms with Gasteiger partial charge in [0, 0.05) is 45.1 Å². The molecule has 1 atom stereocenters. The smallest absolute Gasteiger partial charge is 0.293 e. The molecule has 7 heteroatoms. The number of halogens is 1. The summed E-state index contributed by atoms with van der Waals surface area (Å²) in [6, 6.07) is 2.53. The summed E-state index contributed by atoms with van der Waals surface area (Å²) in [5.41, 5.74) is 1.27. The van der Waals surface area contributed by atoms with Crippen LogP contribution >= 0.6 is 27.3 Å². The number of hydrogen-bond acceptors (Lipinski definition) is 5. The number of nitrogens with one attached hydrogen (secondary N) is 1. The molecule has 0 bridgehead atoms. The van der Waals surface area contributed by atoms with Gasteiger partial charge in [-0.25, -0.2) is 4.98 Å². The molecular formula is C15H19BrN4OS. The Morgan fingerprint density at radius 3 is 3.18 bits per heavy atom. The molecule has 2 aromatic heterocycles. The number of hydrogen-bond donors (Lipinski definition) is 1. The third-order valence-electron chi connectivity index (χ3n) is 3.94. The van der Waals surface area contributed by atoms with Crippen LogP contribution in [0.5, 0.6) is 0 Å². The molecule has 3 rings (SSSR count). The first-order valence-electron chi connectivity index (χ1n) is 7.36. The van der Waals surface area contributed by atoms with Crippen LogP contribution in [0.25, 0.3) is 0 Å². The summed E-state index contributed by atoms with van der Waals surface area (Å²) in [5, 5.41) is 5.75. The summed E-state index contributed by atoms with van der Waals surface area (Å²) >= 11 is 5.19. The van der Waals surface area contributed by atoms with Crippen LogP contribution in [0.4, 0.5) is 5.82 Å². The molecular weight excluding hydrogens is 364 g/mol. The normalized spacial score (nSPS) is 18.6. The molecule has 3 heterocycles. The maximum absolute atomic E-state index is 12.2. The Labute approximate surface area is 142 Å². The first-order chi connectivity index (χ1) is 10.6. The highest BCUT2D eigenvalue weighted by atomic mass is 79.9. The van der Waals surface area contributed by atoms with Crippen molar-refractivity contribution < 1.29 is 0 Å². The zero-order chi connectivity index (χ0) is 15.5. The quantitative estimate of drug-likeness (QED) is 0.881. The minimum atomic E-state index is -0.0232. The van der Waals surface area contributed by atoms with Gasteiger partial charge in [-0.05, 0) is 45.8 Å². The Morgan fingerprint density at radius 2 is 2.41 bits per heavy atom. The predicted molar refractivity (Wildman–Crippen MR) is 93.6 cm³/mol. The fourth-order valence-corrected chi connectivity index (χ4v) is 3.95.